The van der Waals surface area contributed by atoms with Gasteiger partial charge in [-0.25, -0.2) is 0 Å². The number of rotatable bonds is 3. The van der Waals surface area contributed by atoms with E-state index < -0.39 is 0 Å². The standard InChI is InChI=1S/C21H26O6/c1-10-6-12-8-14(22)19(25-3)18(24)16(12)17-13(7-11(10)2)9-15(23)20(26-4)21(17)27-5/h8-11,22-24H,6-7H2,1-5H3/t10-,11+/m0/s1. The monoisotopic (exact) mass is 374 g/mol. The summed E-state index contributed by atoms with van der Waals surface area (Å²) in [6.45, 7) is 4.29. The van der Waals surface area contributed by atoms with Gasteiger partial charge in [-0.05, 0) is 47.9 Å². The molecule has 6 heteroatoms. The van der Waals surface area contributed by atoms with Gasteiger partial charge < -0.3 is 29.5 Å². The van der Waals surface area contributed by atoms with Gasteiger partial charge in [0.05, 0.1) is 21.3 Å². The largest absolute Gasteiger partial charge is 0.504 e. The average Bonchev–Trinajstić information content (AvgIpc) is 2.61. The van der Waals surface area contributed by atoms with Crippen molar-refractivity contribution >= 4 is 0 Å². The molecule has 0 spiro atoms. The van der Waals surface area contributed by atoms with E-state index in [1.165, 1.54) is 21.3 Å². The van der Waals surface area contributed by atoms with Crippen LogP contribution in [0.5, 0.6) is 34.5 Å². The molecule has 0 aliphatic heterocycles. The lowest BCUT2D eigenvalue weighted by molar-refractivity contribution is 0.329. The van der Waals surface area contributed by atoms with E-state index in [0.29, 0.717) is 41.6 Å². The first-order valence-electron chi connectivity index (χ1n) is 8.92. The lowest BCUT2D eigenvalue weighted by atomic mass is 9.77. The topological polar surface area (TPSA) is 88.4 Å². The Balaban J connectivity index is 2.47. The minimum absolute atomic E-state index is 0.00932. The highest BCUT2D eigenvalue weighted by atomic mass is 16.5. The zero-order valence-electron chi connectivity index (χ0n) is 16.3. The Morgan fingerprint density at radius 2 is 1.15 bits per heavy atom. The predicted molar refractivity (Wildman–Crippen MR) is 102 cm³/mol. The number of hydrogen-bond acceptors (Lipinski definition) is 6. The number of phenolic OH excluding ortho intramolecular Hbond substituents is 3. The summed E-state index contributed by atoms with van der Waals surface area (Å²) in [5.74, 6) is 0.908. The highest BCUT2D eigenvalue weighted by Crippen LogP contribution is 2.54. The smallest absolute Gasteiger partial charge is 0.203 e. The van der Waals surface area contributed by atoms with Crippen LogP contribution in [-0.4, -0.2) is 36.6 Å². The summed E-state index contributed by atoms with van der Waals surface area (Å²) in [6.07, 6.45) is 1.37. The molecule has 2 atom stereocenters. The maximum atomic E-state index is 10.9. The minimum Gasteiger partial charge on any atom is -0.504 e. The van der Waals surface area contributed by atoms with Crippen LogP contribution in [0.25, 0.3) is 11.1 Å². The molecule has 0 saturated carbocycles. The van der Waals surface area contributed by atoms with Crippen molar-refractivity contribution in [2.24, 2.45) is 11.8 Å². The van der Waals surface area contributed by atoms with Crippen molar-refractivity contribution < 1.29 is 29.5 Å². The van der Waals surface area contributed by atoms with Crippen molar-refractivity contribution in [1.29, 1.82) is 0 Å². The first-order valence-corrected chi connectivity index (χ1v) is 8.92. The van der Waals surface area contributed by atoms with E-state index in [0.717, 1.165) is 11.1 Å². The van der Waals surface area contributed by atoms with E-state index in [4.69, 9.17) is 14.2 Å². The molecule has 0 unspecified atom stereocenters. The maximum absolute atomic E-state index is 10.9. The fraction of sp³-hybridized carbons (Fsp3) is 0.429. The maximum Gasteiger partial charge on any atom is 0.203 e. The molecule has 0 heterocycles. The number of phenols is 3. The van der Waals surface area contributed by atoms with Crippen molar-refractivity contribution in [3.8, 4) is 45.6 Å². The average molecular weight is 374 g/mol. The Hall–Kier alpha value is -2.76. The second kappa shape index (κ2) is 7.10. The van der Waals surface area contributed by atoms with Crippen molar-refractivity contribution in [1.82, 2.24) is 0 Å². The van der Waals surface area contributed by atoms with Gasteiger partial charge in [-0.1, -0.05) is 13.8 Å². The van der Waals surface area contributed by atoms with Crippen molar-refractivity contribution in [3.63, 3.8) is 0 Å². The highest BCUT2D eigenvalue weighted by molar-refractivity contribution is 5.88. The Bertz CT molecular complexity index is 874. The number of aromatic hydroxyl groups is 3. The first kappa shape index (κ1) is 19.0. The van der Waals surface area contributed by atoms with Gasteiger partial charge in [0.15, 0.2) is 23.0 Å². The summed E-state index contributed by atoms with van der Waals surface area (Å²) in [5, 5.41) is 31.7. The lowest BCUT2D eigenvalue weighted by Gasteiger charge is -2.29. The molecule has 0 radical (unpaired) electrons. The van der Waals surface area contributed by atoms with Crippen LogP contribution in [0.2, 0.25) is 0 Å². The van der Waals surface area contributed by atoms with Crippen LogP contribution in [0.15, 0.2) is 12.1 Å². The fourth-order valence-electron chi connectivity index (χ4n) is 3.93. The van der Waals surface area contributed by atoms with Gasteiger partial charge in [0.2, 0.25) is 11.5 Å². The van der Waals surface area contributed by atoms with E-state index in [-0.39, 0.29) is 28.7 Å². The summed E-state index contributed by atoms with van der Waals surface area (Å²) in [5.41, 5.74) is 2.82. The van der Waals surface area contributed by atoms with Gasteiger partial charge in [-0.2, -0.15) is 0 Å². The summed E-state index contributed by atoms with van der Waals surface area (Å²) in [7, 11) is 4.34. The van der Waals surface area contributed by atoms with Crippen molar-refractivity contribution in [2.75, 3.05) is 21.3 Å². The van der Waals surface area contributed by atoms with E-state index in [1.54, 1.807) is 12.1 Å². The number of fused-ring (bicyclic) bond motifs is 3. The summed E-state index contributed by atoms with van der Waals surface area (Å²) >= 11 is 0. The Labute approximate surface area is 158 Å². The molecule has 0 aromatic heterocycles. The molecule has 3 rings (SSSR count). The summed E-state index contributed by atoms with van der Waals surface area (Å²) in [4.78, 5) is 0. The summed E-state index contributed by atoms with van der Waals surface area (Å²) < 4.78 is 16.2. The van der Waals surface area contributed by atoms with Crippen LogP contribution < -0.4 is 14.2 Å². The minimum atomic E-state index is -0.151. The van der Waals surface area contributed by atoms with Crippen molar-refractivity contribution in [2.45, 2.75) is 26.7 Å². The SMILES string of the molecule is COc1c(O)cc2c(c1O)-c1c(cc(O)c(OC)c1OC)C[C@@H](C)[C@@H](C)C2. The van der Waals surface area contributed by atoms with Gasteiger partial charge >= 0.3 is 0 Å². The van der Waals surface area contributed by atoms with Crippen LogP contribution in [0.4, 0.5) is 0 Å². The molecule has 2 aromatic rings. The normalized spacial score (nSPS) is 18.7. The molecule has 0 saturated heterocycles. The van der Waals surface area contributed by atoms with Gasteiger partial charge in [0.25, 0.3) is 0 Å². The lowest BCUT2D eigenvalue weighted by Crippen LogP contribution is -2.18. The van der Waals surface area contributed by atoms with Crippen LogP contribution in [0, 0.1) is 11.8 Å². The molecule has 3 N–H and O–H groups in total. The molecule has 0 amide bonds. The zero-order chi connectivity index (χ0) is 19.9. The van der Waals surface area contributed by atoms with Crippen LogP contribution in [-0.2, 0) is 12.8 Å². The van der Waals surface area contributed by atoms with Crippen LogP contribution >= 0.6 is 0 Å². The number of ether oxygens (including phenoxy) is 3. The van der Waals surface area contributed by atoms with E-state index in [2.05, 4.69) is 13.8 Å². The Morgan fingerprint density at radius 1 is 0.704 bits per heavy atom. The molecular formula is C21H26O6. The second-order valence-electron chi connectivity index (χ2n) is 7.17. The molecule has 0 bridgehead atoms. The predicted octanol–water partition coefficient (Wildman–Crippen LogP) is 3.87. The third-order valence-corrected chi connectivity index (χ3v) is 5.53. The third kappa shape index (κ3) is 2.99. The fourth-order valence-corrected chi connectivity index (χ4v) is 3.93. The molecule has 27 heavy (non-hydrogen) atoms. The highest BCUT2D eigenvalue weighted by Gasteiger charge is 2.31. The molecule has 1 aliphatic rings. The van der Waals surface area contributed by atoms with Gasteiger partial charge in [0.1, 0.15) is 0 Å². The van der Waals surface area contributed by atoms with Gasteiger partial charge in [0, 0.05) is 11.1 Å². The Kier molecular flexibility index (Phi) is 5.00. The molecular weight excluding hydrogens is 348 g/mol. The number of hydrogen-bond donors (Lipinski definition) is 3. The van der Waals surface area contributed by atoms with E-state index in [9.17, 15) is 15.3 Å². The molecule has 6 nitrogen and oxygen atoms in total. The molecule has 2 aromatic carbocycles. The van der Waals surface area contributed by atoms with E-state index in [1.807, 2.05) is 0 Å². The van der Waals surface area contributed by atoms with Crippen LogP contribution in [0.3, 0.4) is 0 Å². The zero-order valence-corrected chi connectivity index (χ0v) is 16.3. The number of methoxy groups -OCH3 is 3. The van der Waals surface area contributed by atoms with Crippen LogP contribution in [0.1, 0.15) is 25.0 Å². The molecule has 0 fully saturated rings. The van der Waals surface area contributed by atoms with Gasteiger partial charge in [-0.3, -0.25) is 0 Å². The van der Waals surface area contributed by atoms with E-state index >= 15 is 0 Å². The first-order chi connectivity index (χ1) is 12.8. The molecule has 146 valence electrons. The summed E-state index contributed by atoms with van der Waals surface area (Å²) in [6, 6.07) is 3.29. The molecule has 1 aliphatic carbocycles. The Morgan fingerprint density at radius 3 is 1.63 bits per heavy atom. The van der Waals surface area contributed by atoms with Gasteiger partial charge in [-0.15, -0.1) is 0 Å². The third-order valence-electron chi connectivity index (χ3n) is 5.53. The quantitative estimate of drug-likeness (QED) is 0.756. The van der Waals surface area contributed by atoms with Crippen molar-refractivity contribution in [3.05, 3.63) is 23.3 Å². The number of benzene rings is 2. The second-order valence-corrected chi connectivity index (χ2v) is 7.17.